The number of nitrogens with zero attached hydrogens (tertiary/aromatic N) is 2. The SMILES string of the molecule is COc1cccc(CN2CCOC[C@H](Oc3cccc(C)n3)C2)c1. The topological polar surface area (TPSA) is 43.8 Å². The molecule has 1 atom stereocenters. The minimum atomic E-state index is -0.0209. The van der Waals surface area contributed by atoms with Crippen molar-refractivity contribution in [2.45, 2.75) is 19.6 Å². The van der Waals surface area contributed by atoms with Crippen LogP contribution in [0.25, 0.3) is 0 Å². The first kappa shape index (κ1) is 16.7. The largest absolute Gasteiger partial charge is 0.497 e. The Morgan fingerprint density at radius 2 is 2.12 bits per heavy atom. The molecule has 1 fully saturated rings. The zero-order valence-corrected chi connectivity index (χ0v) is 14.3. The van der Waals surface area contributed by atoms with Gasteiger partial charge in [-0.1, -0.05) is 18.2 Å². The molecular weight excluding hydrogens is 304 g/mol. The molecule has 128 valence electrons. The van der Waals surface area contributed by atoms with Crippen molar-refractivity contribution in [2.24, 2.45) is 0 Å². The van der Waals surface area contributed by atoms with Crippen LogP contribution in [0.5, 0.6) is 11.6 Å². The van der Waals surface area contributed by atoms with Gasteiger partial charge in [0.05, 0.1) is 20.3 Å². The lowest BCUT2D eigenvalue weighted by atomic mass is 10.2. The van der Waals surface area contributed by atoms with Gasteiger partial charge in [0.25, 0.3) is 0 Å². The summed E-state index contributed by atoms with van der Waals surface area (Å²) in [6.45, 7) is 5.81. The highest BCUT2D eigenvalue weighted by Gasteiger charge is 2.20. The van der Waals surface area contributed by atoms with Gasteiger partial charge in [-0.2, -0.15) is 0 Å². The summed E-state index contributed by atoms with van der Waals surface area (Å²) in [4.78, 5) is 6.77. The zero-order valence-electron chi connectivity index (χ0n) is 14.3. The van der Waals surface area contributed by atoms with Gasteiger partial charge < -0.3 is 14.2 Å². The summed E-state index contributed by atoms with van der Waals surface area (Å²) in [5, 5.41) is 0. The van der Waals surface area contributed by atoms with Crippen molar-refractivity contribution in [3.63, 3.8) is 0 Å². The summed E-state index contributed by atoms with van der Waals surface area (Å²) in [7, 11) is 1.69. The zero-order chi connectivity index (χ0) is 16.8. The standard InChI is InChI=1S/C19H24N2O3/c1-15-5-3-8-19(20-15)24-18-13-21(9-10-23-14-18)12-16-6-4-7-17(11-16)22-2/h3-8,11,18H,9-10,12-14H2,1-2H3/t18-/m1/s1. The number of hydrogen-bond donors (Lipinski definition) is 0. The second kappa shape index (κ2) is 8.13. The molecule has 2 aromatic rings. The van der Waals surface area contributed by atoms with Crippen LogP contribution in [-0.4, -0.2) is 49.4 Å². The molecule has 1 aliphatic heterocycles. The molecule has 0 N–H and O–H groups in total. The van der Waals surface area contributed by atoms with E-state index in [0.717, 1.165) is 31.1 Å². The van der Waals surface area contributed by atoms with Crippen molar-refractivity contribution in [3.05, 3.63) is 53.7 Å². The highest BCUT2D eigenvalue weighted by Crippen LogP contribution is 2.17. The van der Waals surface area contributed by atoms with Crippen LogP contribution < -0.4 is 9.47 Å². The lowest BCUT2D eigenvalue weighted by Crippen LogP contribution is -2.35. The van der Waals surface area contributed by atoms with Crippen molar-refractivity contribution < 1.29 is 14.2 Å². The van der Waals surface area contributed by atoms with Gasteiger partial charge in [-0.25, -0.2) is 4.98 Å². The van der Waals surface area contributed by atoms with Gasteiger partial charge in [0.15, 0.2) is 0 Å². The third-order valence-corrected chi connectivity index (χ3v) is 4.01. The molecule has 0 radical (unpaired) electrons. The predicted octanol–water partition coefficient (Wildman–Crippen LogP) is 2.68. The molecular formula is C19H24N2O3. The first-order chi connectivity index (χ1) is 11.7. The first-order valence-electron chi connectivity index (χ1n) is 8.26. The average molecular weight is 328 g/mol. The van der Waals surface area contributed by atoms with Gasteiger partial charge in [-0.05, 0) is 30.7 Å². The molecule has 0 bridgehead atoms. The number of hydrogen-bond acceptors (Lipinski definition) is 5. The highest BCUT2D eigenvalue weighted by atomic mass is 16.5. The lowest BCUT2D eigenvalue weighted by molar-refractivity contribution is 0.0682. The monoisotopic (exact) mass is 328 g/mol. The summed E-state index contributed by atoms with van der Waals surface area (Å²) in [5.41, 5.74) is 2.18. The second-order valence-electron chi connectivity index (χ2n) is 6.02. The maximum atomic E-state index is 6.03. The van der Waals surface area contributed by atoms with Crippen LogP contribution in [0.1, 0.15) is 11.3 Å². The van der Waals surface area contributed by atoms with Gasteiger partial charge in [0.2, 0.25) is 5.88 Å². The molecule has 1 aromatic heterocycles. The van der Waals surface area contributed by atoms with E-state index < -0.39 is 0 Å². The van der Waals surface area contributed by atoms with Crippen LogP contribution in [0.2, 0.25) is 0 Å². The van der Waals surface area contributed by atoms with E-state index in [0.29, 0.717) is 19.1 Å². The molecule has 5 nitrogen and oxygen atoms in total. The molecule has 2 heterocycles. The Morgan fingerprint density at radius 3 is 2.96 bits per heavy atom. The normalized spacial score (nSPS) is 18.8. The number of aromatic nitrogens is 1. The number of pyridine rings is 1. The number of rotatable bonds is 5. The molecule has 0 spiro atoms. The minimum absolute atomic E-state index is 0.0209. The van der Waals surface area contributed by atoms with E-state index in [1.165, 1.54) is 5.56 Å². The van der Waals surface area contributed by atoms with Gasteiger partial charge in [-0.15, -0.1) is 0 Å². The average Bonchev–Trinajstić information content (AvgIpc) is 2.80. The van der Waals surface area contributed by atoms with E-state index in [4.69, 9.17) is 14.2 Å². The Hall–Kier alpha value is -2.11. The molecule has 1 aliphatic rings. The third kappa shape index (κ3) is 4.69. The molecule has 0 amide bonds. The second-order valence-corrected chi connectivity index (χ2v) is 6.02. The van der Waals surface area contributed by atoms with Crippen molar-refractivity contribution in [1.82, 2.24) is 9.88 Å². The Balaban J connectivity index is 1.63. The fourth-order valence-electron chi connectivity index (χ4n) is 2.84. The fourth-order valence-corrected chi connectivity index (χ4v) is 2.84. The van der Waals surface area contributed by atoms with Gasteiger partial charge in [0, 0.05) is 31.4 Å². The van der Waals surface area contributed by atoms with Gasteiger partial charge in [-0.3, -0.25) is 4.90 Å². The van der Waals surface area contributed by atoms with Crippen LogP contribution in [-0.2, 0) is 11.3 Å². The van der Waals surface area contributed by atoms with E-state index >= 15 is 0 Å². The highest BCUT2D eigenvalue weighted by molar-refractivity contribution is 5.28. The van der Waals surface area contributed by atoms with Gasteiger partial charge in [0.1, 0.15) is 11.9 Å². The summed E-state index contributed by atoms with van der Waals surface area (Å²) in [6, 6.07) is 14.0. The van der Waals surface area contributed by atoms with E-state index in [1.807, 2.05) is 37.3 Å². The number of aryl methyl sites for hydroxylation is 1. The Bertz CT molecular complexity index is 663. The molecule has 5 heteroatoms. The molecule has 1 aromatic carbocycles. The summed E-state index contributed by atoms with van der Waals surface area (Å²) in [6.07, 6.45) is -0.0209. The summed E-state index contributed by atoms with van der Waals surface area (Å²) >= 11 is 0. The van der Waals surface area contributed by atoms with Gasteiger partial charge >= 0.3 is 0 Å². The fraction of sp³-hybridized carbons (Fsp3) is 0.421. The predicted molar refractivity (Wildman–Crippen MR) is 92.5 cm³/mol. The molecule has 24 heavy (non-hydrogen) atoms. The summed E-state index contributed by atoms with van der Waals surface area (Å²) in [5.74, 6) is 1.54. The van der Waals surface area contributed by atoms with Crippen molar-refractivity contribution in [3.8, 4) is 11.6 Å². The lowest BCUT2D eigenvalue weighted by Gasteiger charge is -2.24. The van der Waals surface area contributed by atoms with Crippen molar-refractivity contribution >= 4 is 0 Å². The minimum Gasteiger partial charge on any atom is -0.497 e. The van der Waals surface area contributed by atoms with Crippen LogP contribution >= 0.6 is 0 Å². The van der Waals surface area contributed by atoms with Crippen molar-refractivity contribution in [2.75, 3.05) is 33.4 Å². The smallest absolute Gasteiger partial charge is 0.213 e. The Labute approximate surface area is 143 Å². The van der Waals surface area contributed by atoms with E-state index in [-0.39, 0.29) is 6.10 Å². The molecule has 3 rings (SSSR count). The summed E-state index contributed by atoms with van der Waals surface area (Å²) < 4.78 is 17.0. The van der Waals surface area contributed by atoms with Crippen LogP contribution in [0.15, 0.2) is 42.5 Å². The number of benzene rings is 1. The number of methoxy groups -OCH3 is 1. The molecule has 0 unspecified atom stereocenters. The van der Waals surface area contributed by atoms with E-state index in [2.05, 4.69) is 22.0 Å². The van der Waals surface area contributed by atoms with Crippen molar-refractivity contribution in [1.29, 1.82) is 0 Å². The van der Waals surface area contributed by atoms with Crippen LogP contribution in [0.4, 0.5) is 0 Å². The molecule has 0 aliphatic carbocycles. The maximum Gasteiger partial charge on any atom is 0.213 e. The van der Waals surface area contributed by atoms with Crippen LogP contribution in [0.3, 0.4) is 0 Å². The number of ether oxygens (including phenoxy) is 3. The van der Waals surface area contributed by atoms with E-state index in [1.54, 1.807) is 7.11 Å². The quantitative estimate of drug-likeness (QED) is 0.844. The Morgan fingerprint density at radius 1 is 1.25 bits per heavy atom. The third-order valence-electron chi connectivity index (χ3n) is 4.01. The first-order valence-corrected chi connectivity index (χ1v) is 8.26. The van der Waals surface area contributed by atoms with E-state index in [9.17, 15) is 0 Å². The Kier molecular flexibility index (Phi) is 5.67. The molecule has 1 saturated heterocycles. The maximum absolute atomic E-state index is 6.03. The molecule has 0 saturated carbocycles. The van der Waals surface area contributed by atoms with Crippen LogP contribution in [0, 0.1) is 6.92 Å².